The molecule has 34 heavy (non-hydrogen) atoms. The lowest BCUT2D eigenvalue weighted by atomic mass is 10.0. The Bertz CT molecular complexity index is 1380. The first-order valence-corrected chi connectivity index (χ1v) is 10.4. The zero-order chi connectivity index (χ0) is 25.7. The van der Waals surface area contributed by atoms with Gasteiger partial charge in [0.1, 0.15) is 0 Å². The molecule has 3 aromatic rings. The molecule has 0 amide bonds. The molecule has 0 radical (unpaired) electrons. The summed E-state index contributed by atoms with van der Waals surface area (Å²) in [6.45, 7) is 1.01. The molecule has 0 aromatic heterocycles. The van der Waals surface area contributed by atoms with Crippen molar-refractivity contribution in [2.45, 2.75) is 30.2 Å². The highest BCUT2D eigenvalue weighted by molar-refractivity contribution is 7.87. The van der Waals surface area contributed by atoms with Gasteiger partial charge in [0, 0.05) is 0 Å². The molecule has 0 fully saturated rings. The highest BCUT2D eigenvalue weighted by atomic mass is 32.2. The lowest BCUT2D eigenvalue weighted by Gasteiger charge is -2.31. The molecule has 0 spiro atoms. The molecule has 0 saturated carbocycles. The normalized spacial score (nSPS) is 14.6. The lowest BCUT2D eigenvalue weighted by molar-refractivity contribution is -0.382. The number of benzene rings is 3. The smallest absolute Gasteiger partial charge is 0.264 e. The molecular weight excluding hydrogens is 505 g/mol. The Hall–Kier alpha value is -3.03. The Morgan fingerprint density at radius 1 is 0.735 bits per heavy atom. The molecule has 0 atom stereocenters. The number of alkyl halides is 9. The molecule has 14 heteroatoms. The molecule has 184 valence electrons. The maximum Gasteiger partial charge on any atom is 0.460 e. The van der Waals surface area contributed by atoms with E-state index in [2.05, 4.69) is 9.44 Å². The van der Waals surface area contributed by atoms with E-state index in [1.807, 2.05) is 12.1 Å². The van der Waals surface area contributed by atoms with Crippen molar-refractivity contribution in [3.05, 3.63) is 60.2 Å². The Morgan fingerprint density at radius 2 is 1.24 bits per heavy atom. The molecule has 0 aliphatic carbocycles. The van der Waals surface area contributed by atoms with E-state index in [1.54, 1.807) is 24.3 Å². The predicted molar refractivity (Wildman–Crippen MR) is 105 cm³/mol. The summed E-state index contributed by atoms with van der Waals surface area (Å²) in [5, 5.41) is -1.24. The number of fused-ring (bicyclic) bond motifs is 2. The van der Waals surface area contributed by atoms with Crippen LogP contribution in [-0.4, -0.2) is 37.4 Å². The van der Waals surface area contributed by atoms with Crippen LogP contribution in [0.3, 0.4) is 0 Å². The van der Waals surface area contributed by atoms with Crippen molar-refractivity contribution >= 4 is 37.4 Å². The van der Waals surface area contributed by atoms with Crippen molar-refractivity contribution in [1.29, 1.82) is 0 Å². The molecule has 3 aromatic carbocycles. The number of oxime groups is 1. The quantitative estimate of drug-likeness (QED) is 0.163. The first-order chi connectivity index (χ1) is 15.4. The average molecular weight is 517 g/mol. The van der Waals surface area contributed by atoms with Crippen LogP contribution in [-0.2, 0) is 14.4 Å². The van der Waals surface area contributed by atoms with Gasteiger partial charge in [0.25, 0.3) is 0 Å². The highest BCUT2D eigenvalue weighted by Crippen LogP contribution is 2.55. The number of hydrogen-bond acceptors (Lipinski definition) is 4. The Balaban J connectivity index is 1.94. The van der Waals surface area contributed by atoms with Crippen LogP contribution >= 0.6 is 0 Å². The van der Waals surface area contributed by atoms with E-state index in [9.17, 15) is 47.9 Å². The van der Waals surface area contributed by atoms with Gasteiger partial charge in [0.15, 0.2) is 0 Å². The maximum absolute atomic E-state index is 13.7. The van der Waals surface area contributed by atoms with Gasteiger partial charge in [-0.2, -0.15) is 47.9 Å². The highest BCUT2D eigenvalue weighted by Gasteiger charge is 2.86. The standard InChI is InChI=1S/C20H12F9NO3S/c1-11(12-6-7-15-9-13-4-2-3-5-14(13)10-16(15)8-12)30-33-34(31,32)20(28,29)18(23,24)17(21,22)19(25,26)27/h2-10H,1H3/b30-11+. The van der Waals surface area contributed by atoms with Crippen LogP contribution in [0.1, 0.15) is 12.5 Å². The van der Waals surface area contributed by atoms with Crippen LogP contribution in [0.25, 0.3) is 21.5 Å². The van der Waals surface area contributed by atoms with E-state index < -0.39 is 39.1 Å². The Morgan fingerprint density at radius 3 is 1.76 bits per heavy atom. The fourth-order valence-corrected chi connectivity index (χ4v) is 3.63. The molecule has 0 aliphatic rings. The Labute approximate surface area is 185 Å². The predicted octanol–water partition coefficient (Wildman–Crippen LogP) is 6.49. The molecule has 0 heterocycles. The van der Waals surface area contributed by atoms with E-state index in [0.717, 1.165) is 17.7 Å². The summed E-state index contributed by atoms with van der Waals surface area (Å²) in [6, 6.07) is 15.0. The monoisotopic (exact) mass is 517 g/mol. The van der Waals surface area contributed by atoms with Gasteiger partial charge in [-0.1, -0.05) is 41.6 Å². The summed E-state index contributed by atoms with van der Waals surface area (Å²) >= 11 is 0. The molecule has 0 unspecified atom stereocenters. The zero-order valence-electron chi connectivity index (χ0n) is 16.7. The third-order valence-corrected chi connectivity index (χ3v) is 5.98. The van der Waals surface area contributed by atoms with E-state index in [1.165, 1.54) is 18.2 Å². The van der Waals surface area contributed by atoms with Gasteiger partial charge >= 0.3 is 33.4 Å². The maximum atomic E-state index is 13.7. The van der Waals surface area contributed by atoms with E-state index in [0.29, 0.717) is 10.8 Å². The van der Waals surface area contributed by atoms with Crippen LogP contribution < -0.4 is 0 Å². The summed E-state index contributed by atoms with van der Waals surface area (Å²) < 4.78 is 143. The first-order valence-electron chi connectivity index (χ1n) is 9.03. The summed E-state index contributed by atoms with van der Waals surface area (Å²) in [6.07, 6.45) is -7.18. The molecule has 0 aliphatic heterocycles. The van der Waals surface area contributed by atoms with Crippen molar-refractivity contribution in [2.24, 2.45) is 5.16 Å². The van der Waals surface area contributed by atoms with E-state index in [-0.39, 0.29) is 5.56 Å². The summed E-state index contributed by atoms with van der Waals surface area (Å²) in [7, 11) is -7.09. The van der Waals surface area contributed by atoms with E-state index >= 15 is 0 Å². The van der Waals surface area contributed by atoms with Crippen molar-refractivity contribution < 1.29 is 52.2 Å². The molecule has 0 saturated heterocycles. The average Bonchev–Trinajstić information content (AvgIpc) is 2.74. The fourth-order valence-electron chi connectivity index (χ4n) is 2.89. The summed E-state index contributed by atoms with van der Waals surface area (Å²) in [4.78, 5) is 0. The van der Waals surface area contributed by atoms with Crippen LogP contribution in [0.2, 0.25) is 0 Å². The topological polar surface area (TPSA) is 55.7 Å². The number of rotatable bonds is 6. The molecule has 3 rings (SSSR count). The van der Waals surface area contributed by atoms with Crippen LogP contribution in [0.15, 0.2) is 59.8 Å². The zero-order valence-corrected chi connectivity index (χ0v) is 17.5. The third kappa shape index (κ3) is 4.03. The van der Waals surface area contributed by atoms with Crippen molar-refractivity contribution in [3.63, 3.8) is 0 Å². The molecular formula is C20H12F9NO3S. The van der Waals surface area contributed by atoms with Gasteiger partial charge < -0.3 is 0 Å². The first kappa shape index (κ1) is 25.6. The SMILES string of the molecule is C/C(=N\OS(=O)(=O)C(F)(F)C(F)(F)C(F)(F)C(F)(F)F)c1ccc2cc3ccccc3cc2c1. The number of halogens is 9. The molecule has 4 nitrogen and oxygen atoms in total. The van der Waals surface area contributed by atoms with Crippen LogP contribution in [0, 0.1) is 0 Å². The van der Waals surface area contributed by atoms with Crippen LogP contribution in [0.5, 0.6) is 0 Å². The van der Waals surface area contributed by atoms with Gasteiger partial charge in [0.05, 0.1) is 5.71 Å². The molecule has 0 bridgehead atoms. The third-order valence-electron chi connectivity index (χ3n) is 4.82. The minimum absolute atomic E-state index is 0.0636. The van der Waals surface area contributed by atoms with Crippen molar-refractivity contribution in [1.82, 2.24) is 0 Å². The van der Waals surface area contributed by atoms with Gasteiger partial charge in [-0.3, -0.25) is 4.28 Å². The number of hydrogen-bond donors (Lipinski definition) is 0. The summed E-state index contributed by atoms with van der Waals surface area (Å²) in [5.74, 6) is -14.8. The summed E-state index contributed by atoms with van der Waals surface area (Å²) in [5.41, 5.74) is -0.408. The second-order valence-corrected chi connectivity index (χ2v) is 8.70. The van der Waals surface area contributed by atoms with Gasteiger partial charge in [-0.25, -0.2) is 0 Å². The minimum Gasteiger partial charge on any atom is -0.264 e. The second-order valence-electron chi connectivity index (χ2n) is 7.13. The fraction of sp³-hybridized carbons (Fsp3) is 0.250. The lowest BCUT2D eigenvalue weighted by Crippen LogP contribution is -2.63. The minimum atomic E-state index is -7.40. The van der Waals surface area contributed by atoms with E-state index in [4.69, 9.17) is 0 Å². The number of nitrogens with zero attached hydrogens (tertiary/aromatic N) is 1. The van der Waals surface area contributed by atoms with Crippen LogP contribution in [0.4, 0.5) is 39.5 Å². The van der Waals surface area contributed by atoms with Gasteiger partial charge in [-0.15, -0.1) is 0 Å². The molecule has 0 N–H and O–H groups in total. The largest absolute Gasteiger partial charge is 0.460 e. The van der Waals surface area contributed by atoms with Crippen molar-refractivity contribution in [2.75, 3.05) is 0 Å². The second kappa shape index (κ2) is 8.03. The van der Waals surface area contributed by atoms with Gasteiger partial charge in [0.2, 0.25) is 0 Å². The van der Waals surface area contributed by atoms with Gasteiger partial charge in [-0.05, 0) is 52.2 Å². The van der Waals surface area contributed by atoms with Crippen molar-refractivity contribution in [3.8, 4) is 0 Å². The Kier molecular flexibility index (Phi) is 6.04.